The summed E-state index contributed by atoms with van der Waals surface area (Å²) in [5.41, 5.74) is 5.46. The van der Waals surface area contributed by atoms with Gasteiger partial charge >= 0.3 is 0 Å². The summed E-state index contributed by atoms with van der Waals surface area (Å²) < 4.78 is 33.3. The third-order valence-corrected chi connectivity index (χ3v) is 7.91. The summed E-state index contributed by atoms with van der Waals surface area (Å²) in [4.78, 5) is 12.5. The van der Waals surface area contributed by atoms with Gasteiger partial charge in [-0.05, 0) is 48.0 Å². The minimum absolute atomic E-state index is 0.00987. The van der Waals surface area contributed by atoms with E-state index in [1.807, 2.05) is 0 Å². The first-order valence-corrected chi connectivity index (χ1v) is 12.6. The third-order valence-electron chi connectivity index (χ3n) is 5.49. The van der Waals surface area contributed by atoms with Gasteiger partial charge in [-0.2, -0.15) is 9.29 Å². The molecule has 1 saturated heterocycles. The van der Waals surface area contributed by atoms with Crippen molar-refractivity contribution in [1.29, 1.82) is 0 Å². The van der Waals surface area contributed by atoms with Crippen LogP contribution >= 0.6 is 15.9 Å². The number of hydrogen-bond acceptors (Lipinski definition) is 9. The van der Waals surface area contributed by atoms with Crippen molar-refractivity contribution in [3.05, 3.63) is 21.8 Å². The first-order chi connectivity index (χ1) is 14.8. The fourth-order valence-corrected chi connectivity index (χ4v) is 5.44. The van der Waals surface area contributed by atoms with Gasteiger partial charge in [0.1, 0.15) is 11.0 Å². The van der Waals surface area contributed by atoms with E-state index in [-0.39, 0.29) is 17.1 Å². The molecule has 1 aromatic heterocycles. The number of aliphatic imine (C=N–C) groups is 1. The van der Waals surface area contributed by atoms with Crippen LogP contribution in [0, 0.1) is 0 Å². The molecule has 1 aromatic rings. The molecular formula is C19H29BrN6O4S. The van der Waals surface area contributed by atoms with Gasteiger partial charge in [-0.3, -0.25) is 4.99 Å². The average molecular weight is 517 g/mol. The van der Waals surface area contributed by atoms with Crippen LogP contribution in [0.1, 0.15) is 38.5 Å². The van der Waals surface area contributed by atoms with Gasteiger partial charge in [0.05, 0.1) is 16.8 Å². The Labute approximate surface area is 191 Å². The SMILES string of the molecule is CN=C/C(=C\N)S(=O)(=O)N1CCC(Nc2ncc(Br)c(O[C@@H]3CCCC[C@@H]3O)n2)CC1. The molecule has 1 aliphatic heterocycles. The van der Waals surface area contributed by atoms with Gasteiger partial charge in [-0.1, -0.05) is 6.42 Å². The van der Waals surface area contributed by atoms with E-state index in [4.69, 9.17) is 10.5 Å². The predicted molar refractivity (Wildman–Crippen MR) is 122 cm³/mol. The third kappa shape index (κ3) is 5.93. The Kier molecular flexibility index (Phi) is 8.25. The van der Waals surface area contributed by atoms with E-state index < -0.39 is 16.1 Å². The number of piperidine rings is 1. The van der Waals surface area contributed by atoms with Gasteiger partial charge < -0.3 is 20.9 Å². The average Bonchev–Trinajstić information content (AvgIpc) is 2.76. The van der Waals surface area contributed by atoms with Gasteiger partial charge in [0, 0.05) is 38.6 Å². The molecule has 2 atom stereocenters. The van der Waals surface area contributed by atoms with Crippen molar-refractivity contribution in [2.75, 3.05) is 25.5 Å². The van der Waals surface area contributed by atoms with E-state index in [0.717, 1.165) is 31.9 Å². The number of nitrogens with one attached hydrogen (secondary N) is 1. The molecule has 0 unspecified atom stereocenters. The standard InChI is InChI=1S/C19H29BrN6O4S/c1-22-11-14(10-21)31(28,29)26-8-6-13(7-9-26)24-19-23-12-15(20)18(25-19)30-17-5-3-2-4-16(17)27/h10-13,16-17,27H,2-9,21H2,1H3,(H,23,24,25)/b14-10+,22-11?/t16-,17+/m0/s1. The van der Waals surface area contributed by atoms with Gasteiger partial charge in [-0.25, -0.2) is 13.4 Å². The van der Waals surface area contributed by atoms with Crippen LogP contribution in [0.15, 0.2) is 26.8 Å². The van der Waals surface area contributed by atoms with Crippen molar-refractivity contribution in [1.82, 2.24) is 14.3 Å². The van der Waals surface area contributed by atoms with Crippen LogP contribution in [0.4, 0.5) is 5.95 Å². The molecule has 1 saturated carbocycles. The molecule has 2 heterocycles. The van der Waals surface area contributed by atoms with Crippen molar-refractivity contribution in [2.45, 2.75) is 56.8 Å². The molecule has 1 aliphatic carbocycles. The van der Waals surface area contributed by atoms with Crippen LogP contribution in [0.2, 0.25) is 0 Å². The first-order valence-electron chi connectivity index (χ1n) is 10.3. The number of allylic oxidation sites excluding steroid dienone is 1. The highest BCUT2D eigenvalue weighted by Gasteiger charge is 2.31. The number of ether oxygens (including phenoxy) is 1. The fraction of sp³-hybridized carbons (Fsp3) is 0.632. The number of aromatic nitrogens is 2. The van der Waals surface area contributed by atoms with E-state index in [2.05, 4.69) is 36.2 Å². The Hall–Kier alpha value is -1.76. The Morgan fingerprint density at radius 1 is 1.35 bits per heavy atom. The minimum Gasteiger partial charge on any atom is -0.471 e. The Bertz CT molecular complexity index is 918. The number of hydrogen-bond donors (Lipinski definition) is 3. The van der Waals surface area contributed by atoms with E-state index in [0.29, 0.717) is 42.2 Å². The maximum Gasteiger partial charge on any atom is 0.246 e. The van der Waals surface area contributed by atoms with Crippen LogP contribution in [0.5, 0.6) is 5.88 Å². The molecule has 172 valence electrons. The number of anilines is 1. The van der Waals surface area contributed by atoms with Crippen molar-refractivity contribution >= 4 is 38.1 Å². The summed E-state index contributed by atoms with van der Waals surface area (Å²) >= 11 is 3.41. The number of aliphatic hydroxyl groups is 1. The van der Waals surface area contributed by atoms with Crippen LogP contribution in [-0.4, -0.2) is 72.4 Å². The highest BCUT2D eigenvalue weighted by atomic mass is 79.9. The number of rotatable bonds is 7. The number of nitrogens with zero attached hydrogens (tertiary/aromatic N) is 4. The molecule has 0 radical (unpaired) electrons. The number of aliphatic hydroxyl groups excluding tert-OH is 1. The second-order valence-corrected chi connectivity index (χ2v) is 10.4. The zero-order valence-electron chi connectivity index (χ0n) is 17.4. The molecular weight excluding hydrogens is 488 g/mol. The van der Waals surface area contributed by atoms with E-state index in [1.165, 1.54) is 17.6 Å². The molecule has 3 rings (SSSR count). The second-order valence-electron chi connectivity index (χ2n) is 7.63. The number of halogens is 1. The topological polar surface area (TPSA) is 143 Å². The summed E-state index contributed by atoms with van der Waals surface area (Å²) in [6.45, 7) is 0.700. The van der Waals surface area contributed by atoms with Crippen molar-refractivity contribution in [3.8, 4) is 5.88 Å². The molecule has 0 amide bonds. The van der Waals surface area contributed by atoms with Crippen molar-refractivity contribution in [3.63, 3.8) is 0 Å². The quantitative estimate of drug-likeness (QED) is 0.463. The smallest absolute Gasteiger partial charge is 0.246 e. The lowest BCUT2D eigenvalue weighted by molar-refractivity contribution is 0.00408. The summed E-state index contributed by atoms with van der Waals surface area (Å²) in [5, 5.41) is 13.4. The van der Waals surface area contributed by atoms with Gasteiger partial charge in [0.25, 0.3) is 0 Å². The molecule has 2 aliphatic rings. The maximum absolute atomic E-state index is 12.7. The molecule has 0 bridgehead atoms. The Morgan fingerprint density at radius 2 is 2.06 bits per heavy atom. The monoisotopic (exact) mass is 516 g/mol. The molecule has 10 nitrogen and oxygen atoms in total. The van der Waals surface area contributed by atoms with Crippen LogP contribution < -0.4 is 15.8 Å². The lowest BCUT2D eigenvalue weighted by Crippen LogP contribution is -2.43. The molecule has 0 aromatic carbocycles. The van der Waals surface area contributed by atoms with E-state index in [9.17, 15) is 13.5 Å². The predicted octanol–water partition coefficient (Wildman–Crippen LogP) is 1.63. The summed E-state index contributed by atoms with van der Waals surface area (Å²) in [6, 6.07) is 0.0193. The van der Waals surface area contributed by atoms with Gasteiger partial charge in [-0.15, -0.1) is 0 Å². The van der Waals surface area contributed by atoms with E-state index >= 15 is 0 Å². The minimum atomic E-state index is -3.66. The van der Waals surface area contributed by atoms with Gasteiger partial charge in [0.2, 0.25) is 21.9 Å². The summed E-state index contributed by atoms with van der Waals surface area (Å²) in [7, 11) is -2.16. The Balaban J connectivity index is 1.60. The molecule has 4 N–H and O–H groups in total. The maximum atomic E-state index is 12.7. The number of sulfonamides is 1. The van der Waals surface area contributed by atoms with Crippen molar-refractivity contribution < 1.29 is 18.3 Å². The lowest BCUT2D eigenvalue weighted by atomic mass is 9.95. The summed E-state index contributed by atoms with van der Waals surface area (Å²) in [6.07, 6.45) is 7.87. The first kappa shape index (κ1) is 23.9. The molecule has 31 heavy (non-hydrogen) atoms. The molecule has 12 heteroatoms. The molecule has 0 spiro atoms. The van der Waals surface area contributed by atoms with Crippen molar-refractivity contribution in [2.24, 2.45) is 10.7 Å². The van der Waals surface area contributed by atoms with E-state index in [1.54, 1.807) is 6.20 Å². The molecule has 2 fully saturated rings. The fourth-order valence-electron chi connectivity index (χ4n) is 3.76. The van der Waals surface area contributed by atoms with Gasteiger partial charge in [0.15, 0.2) is 0 Å². The normalized spacial score (nSPS) is 24.4. The Morgan fingerprint density at radius 3 is 2.71 bits per heavy atom. The lowest BCUT2D eigenvalue weighted by Gasteiger charge is -2.32. The number of nitrogens with two attached hydrogens (primary N) is 1. The van der Waals surface area contributed by atoms with Crippen LogP contribution in [0.3, 0.4) is 0 Å². The second kappa shape index (κ2) is 10.7. The highest BCUT2D eigenvalue weighted by molar-refractivity contribution is 9.10. The largest absolute Gasteiger partial charge is 0.471 e. The highest BCUT2D eigenvalue weighted by Crippen LogP contribution is 2.29. The van der Waals surface area contributed by atoms with Crippen LogP contribution in [0.25, 0.3) is 0 Å². The zero-order chi connectivity index (χ0) is 22.4. The summed E-state index contributed by atoms with van der Waals surface area (Å²) in [5.74, 6) is 0.797. The zero-order valence-corrected chi connectivity index (χ0v) is 19.8. The van der Waals surface area contributed by atoms with Crippen LogP contribution in [-0.2, 0) is 10.0 Å².